The summed E-state index contributed by atoms with van der Waals surface area (Å²) in [7, 11) is 0. The number of amides is 1. The number of nitrogens with zero attached hydrogens (tertiary/aromatic N) is 1. The Labute approximate surface area is 159 Å². The van der Waals surface area contributed by atoms with E-state index < -0.39 is 0 Å². The van der Waals surface area contributed by atoms with Gasteiger partial charge in [0.1, 0.15) is 11.6 Å². The maximum absolute atomic E-state index is 12.6. The van der Waals surface area contributed by atoms with Gasteiger partial charge < -0.3 is 15.4 Å². The van der Waals surface area contributed by atoms with Crippen molar-refractivity contribution in [2.45, 2.75) is 20.3 Å². The topological polar surface area (TPSA) is 63.2 Å². The highest BCUT2D eigenvalue weighted by atomic mass is 16.5. The van der Waals surface area contributed by atoms with Gasteiger partial charge in [-0.1, -0.05) is 31.2 Å². The molecule has 2 N–H and O–H groups in total. The second kappa shape index (κ2) is 8.85. The number of aromatic nitrogens is 1. The number of nitrogens with one attached hydrogen (secondary N) is 2. The van der Waals surface area contributed by atoms with Gasteiger partial charge in [-0.3, -0.25) is 4.79 Å². The van der Waals surface area contributed by atoms with Crippen molar-refractivity contribution in [2.75, 3.05) is 17.2 Å². The molecule has 0 unspecified atom stereocenters. The molecular weight excluding hydrogens is 338 g/mol. The average molecular weight is 361 g/mol. The monoisotopic (exact) mass is 361 g/mol. The van der Waals surface area contributed by atoms with Crippen LogP contribution in [0.5, 0.6) is 5.75 Å². The van der Waals surface area contributed by atoms with Gasteiger partial charge in [-0.25, -0.2) is 4.98 Å². The van der Waals surface area contributed by atoms with E-state index in [0.717, 1.165) is 12.1 Å². The van der Waals surface area contributed by atoms with E-state index in [1.165, 1.54) is 5.56 Å². The van der Waals surface area contributed by atoms with Crippen LogP contribution in [0.3, 0.4) is 0 Å². The van der Waals surface area contributed by atoms with E-state index >= 15 is 0 Å². The fourth-order valence-electron chi connectivity index (χ4n) is 2.66. The molecule has 1 heterocycles. The van der Waals surface area contributed by atoms with Crippen molar-refractivity contribution in [3.63, 3.8) is 0 Å². The minimum Gasteiger partial charge on any atom is -0.492 e. The van der Waals surface area contributed by atoms with Crippen LogP contribution in [0.4, 0.5) is 17.2 Å². The number of hydrogen-bond acceptors (Lipinski definition) is 4. The first kappa shape index (κ1) is 18.5. The van der Waals surface area contributed by atoms with Gasteiger partial charge in [0, 0.05) is 17.4 Å². The molecular formula is C22H23N3O2. The number of para-hydroxylation sites is 2. The van der Waals surface area contributed by atoms with Gasteiger partial charge in [0.25, 0.3) is 5.91 Å². The third-order valence-electron chi connectivity index (χ3n) is 4.09. The fourth-order valence-corrected chi connectivity index (χ4v) is 2.66. The van der Waals surface area contributed by atoms with E-state index in [1.807, 2.05) is 43.3 Å². The van der Waals surface area contributed by atoms with Gasteiger partial charge >= 0.3 is 0 Å². The van der Waals surface area contributed by atoms with E-state index in [0.29, 0.717) is 29.4 Å². The van der Waals surface area contributed by atoms with Crippen molar-refractivity contribution in [3.05, 3.63) is 78.0 Å². The Hall–Kier alpha value is -3.34. The lowest BCUT2D eigenvalue weighted by atomic mass is 10.1. The van der Waals surface area contributed by atoms with Crippen molar-refractivity contribution in [1.82, 2.24) is 4.98 Å². The second-order valence-corrected chi connectivity index (χ2v) is 5.99. The van der Waals surface area contributed by atoms with Gasteiger partial charge in [-0.15, -0.1) is 0 Å². The Kier molecular flexibility index (Phi) is 6.05. The highest BCUT2D eigenvalue weighted by Gasteiger charge is 2.11. The highest BCUT2D eigenvalue weighted by Crippen LogP contribution is 2.24. The molecule has 5 heteroatoms. The summed E-state index contributed by atoms with van der Waals surface area (Å²) in [6, 6.07) is 19.0. The first-order chi connectivity index (χ1) is 13.2. The average Bonchev–Trinajstić information content (AvgIpc) is 2.70. The molecule has 0 fully saturated rings. The number of pyridine rings is 1. The summed E-state index contributed by atoms with van der Waals surface area (Å²) in [6.07, 6.45) is 2.61. The third kappa shape index (κ3) is 4.85. The number of ether oxygens (including phenoxy) is 1. The normalized spacial score (nSPS) is 10.3. The first-order valence-electron chi connectivity index (χ1n) is 9.04. The van der Waals surface area contributed by atoms with E-state index in [4.69, 9.17) is 4.74 Å². The molecule has 1 amide bonds. The molecule has 0 bridgehead atoms. The zero-order valence-corrected chi connectivity index (χ0v) is 15.5. The molecule has 0 radical (unpaired) electrons. The minimum atomic E-state index is -0.214. The van der Waals surface area contributed by atoms with E-state index in [9.17, 15) is 4.79 Å². The smallest absolute Gasteiger partial charge is 0.255 e. The zero-order valence-electron chi connectivity index (χ0n) is 15.5. The van der Waals surface area contributed by atoms with Crippen LogP contribution >= 0.6 is 0 Å². The lowest BCUT2D eigenvalue weighted by Crippen LogP contribution is -2.13. The highest BCUT2D eigenvalue weighted by molar-refractivity contribution is 6.05. The van der Waals surface area contributed by atoms with E-state index in [2.05, 4.69) is 34.7 Å². The van der Waals surface area contributed by atoms with Gasteiger partial charge in [0.05, 0.1) is 12.3 Å². The molecule has 0 atom stereocenters. The van der Waals surface area contributed by atoms with Gasteiger partial charge in [0.2, 0.25) is 0 Å². The molecule has 5 nitrogen and oxygen atoms in total. The molecule has 0 aliphatic rings. The lowest BCUT2D eigenvalue weighted by molar-refractivity contribution is 0.102. The van der Waals surface area contributed by atoms with Gasteiger partial charge in [-0.2, -0.15) is 0 Å². The van der Waals surface area contributed by atoms with Crippen molar-refractivity contribution in [1.29, 1.82) is 0 Å². The van der Waals surface area contributed by atoms with Gasteiger partial charge in [0.15, 0.2) is 0 Å². The summed E-state index contributed by atoms with van der Waals surface area (Å²) >= 11 is 0. The predicted molar refractivity (Wildman–Crippen MR) is 109 cm³/mol. The molecule has 0 saturated heterocycles. The van der Waals surface area contributed by atoms with Crippen molar-refractivity contribution >= 4 is 23.1 Å². The molecule has 138 valence electrons. The molecule has 3 rings (SSSR count). The van der Waals surface area contributed by atoms with Crippen LogP contribution in [-0.2, 0) is 6.42 Å². The summed E-state index contributed by atoms with van der Waals surface area (Å²) < 4.78 is 5.56. The maximum Gasteiger partial charge on any atom is 0.255 e. The number of carbonyl (C=O) groups excluding carboxylic acids is 1. The summed E-state index contributed by atoms with van der Waals surface area (Å²) in [5.74, 6) is 1.05. The number of aryl methyl sites for hydroxylation is 1. The summed E-state index contributed by atoms with van der Waals surface area (Å²) in [5, 5.41) is 6.13. The van der Waals surface area contributed by atoms with Crippen LogP contribution in [-0.4, -0.2) is 17.5 Å². The second-order valence-electron chi connectivity index (χ2n) is 5.99. The maximum atomic E-state index is 12.6. The Morgan fingerprint density at radius 2 is 1.81 bits per heavy atom. The van der Waals surface area contributed by atoms with Crippen LogP contribution in [0.15, 0.2) is 66.9 Å². The lowest BCUT2D eigenvalue weighted by Gasteiger charge is -2.12. The molecule has 0 aliphatic heterocycles. The number of rotatable bonds is 7. The SMILES string of the molecule is CCOc1ccccc1NC(=O)c1ccnc(Nc2ccc(CC)cc2)c1. The van der Waals surface area contributed by atoms with Crippen molar-refractivity contribution in [3.8, 4) is 5.75 Å². The Balaban J connectivity index is 1.73. The third-order valence-corrected chi connectivity index (χ3v) is 4.09. The Bertz CT molecular complexity index is 907. The first-order valence-corrected chi connectivity index (χ1v) is 9.04. The summed E-state index contributed by atoms with van der Waals surface area (Å²) in [4.78, 5) is 16.9. The summed E-state index contributed by atoms with van der Waals surface area (Å²) in [5.41, 5.74) is 3.36. The molecule has 0 saturated carbocycles. The van der Waals surface area contributed by atoms with Crippen molar-refractivity contribution < 1.29 is 9.53 Å². The predicted octanol–water partition coefficient (Wildman–Crippen LogP) is 5.04. The molecule has 2 aromatic carbocycles. The summed E-state index contributed by atoms with van der Waals surface area (Å²) in [6.45, 7) is 4.56. The Morgan fingerprint density at radius 1 is 1.04 bits per heavy atom. The number of carbonyl (C=O) groups is 1. The number of benzene rings is 2. The standard InChI is InChI=1S/C22H23N3O2/c1-3-16-9-11-18(12-10-16)24-21-15-17(13-14-23-21)22(26)25-19-7-5-6-8-20(19)27-4-2/h5-15H,3-4H2,1-2H3,(H,23,24)(H,25,26). The van der Waals surface area contributed by atoms with E-state index in [-0.39, 0.29) is 5.91 Å². The quantitative estimate of drug-likeness (QED) is 0.619. The van der Waals surface area contributed by atoms with E-state index in [1.54, 1.807) is 18.3 Å². The van der Waals surface area contributed by atoms with Crippen LogP contribution in [0.2, 0.25) is 0 Å². The van der Waals surface area contributed by atoms with Crippen LogP contribution in [0.1, 0.15) is 29.8 Å². The van der Waals surface area contributed by atoms with Crippen LogP contribution in [0.25, 0.3) is 0 Å². The minimum absolute atomic E-state index is 0.214. The number of anilines is 3. The Morgan fingerprint density at radius 3 is 2.56 bits per heavy atom. The number of hydrogen-bond donors (Lipinski definition) is 2. The van der Waals surface area contributed by atoms with Crippen LogP contribution < -0.4 is 15.4 Å². The molecule has 1 aromatic heterocycles. The fraction of sp³-hybridized carbons (Fsp3) is 0.182. The largest absolute Gasteiger partial charge is 0.492 e. The zero-order chi connectivity index (χ0) is 19.1. The molecule has 27 heavy (non-hydrogen) atoms. The van der Waals surface area contributed by atoms with Crippen LogP contribution in [0, 0.1) is 0 Å². The van der Waals surface area contributed by atoms with Crippen molar-refractivity contribution in [2.24, 2.45) is 0 Å². The van der Waals surface area contributed by atoms with Gasteiger partial charge in [-0.05, 0) is 55.3 Å². The molecule has 0 aliphatic carbocycles. The molecule has 3 aromatic rings. The molecule has 0 spiro atoms.